The predicted molar refractivity (Wildman–Crippen MR) is 97.0 cm³/mol. The van der Waals surface area contributed by atoms with E-state index >= 15 is 0 Å². The molecular weight excluding hydrogens is 353 g/mol. The Balaban J connectivity index is 1.67. The average Bonchev–Trinajstić information content (AvgIpc) is 2.67. The molecule has 0 spiro atoms. The van der Waals surface area contributed by atoms with Crippen molar-refractivity contribution < 1.29 is 9.18 Å². The first-order valence-corrected chi connectivity index (χ1v) is 8.13. The van der Waals surface area contributed by atoms with E-state index in [9.17, 15) is 9.18 Å². The second kappa shape index (κ2) is 7.77. The molecule has 0 aliphatic rings. The number of hydrogen-bond donors (Lipinski definition) is 1. The van der Waals surface area contributed by atoms with Crippen LogP contribution in [0, 0.1) is 17.1 Å². The van der Waals surface area contributed by atoms with Crippen molar-refractivity contribution in [3.8, 4) is 17.3 Å². The van der Waals surface area contributed by atoms with Crippen molar-refractivity contribution in [1.82, 2.24) is 10.3 Å². The minimum atomic E-state index is -0.314. The number of aromatic nitrogens is 1. The molecule has 2 aromatic carbocycles. The molecule has 0 fully saturated rings. The third kappa shape index (κ3) is 4.05. The van der Waals surface area contributed by atoms with Gasteiger partial charge in [-0.2, -0.15) is 5.26 Å². The second-order valence-electron chi connectivity index (χ2n) is 5.54. The molecule has 128 valence electrons. The normalized spacial score (nSPS) is 10.2. The van der Waals surface area contributed by atoms with Gasteiger partial charge in [0.25, 0.3) is 5.91 Å². The first kappa shape index (κ1) is 17.6. The van der Waals surface area contributed by atoms with Crippen molar-refractivity contribution in [2.75, 3.05) is 0 Å². The Hall–Kier alpha value is -3.23. The zero-order valence-corrected chi connectivity index (χ0v) is 14.3. The van der Waals surface area contributed by atoms with Crippen LogP contribution in [-0.2, 0) is 6.54 Å². The molecular formula is C20H13ClFN3O. The van der Waals surface area contributed by atoms with E-state index in [-0.39, 0.29) is 18.3 Å². The number of carbonyl (C=O) groups excluding carboxylic acids is 1. The van der Waals surface area contributed by atoms with Gasteiger partial charge in [-0.25, -0.2) is 4.39 Å². The largest absolute Gasteiger partial charge is 0.348 e. The zero-order chi connectivity index (χ0) is 18.5. The Morgan fingerprint density at radius 1 is 1.15 bits per heavy atom. The number of pyridine rings is 1. The van der Waals surface area contributed by atoms with Gasteiger partial charge in [-0.1, -0.05) is 17.7 Å². The number of carbonyl (C=O) groups is 1. The van der Waals surface area contributed by atoms with E-state index in [1.807, 2.05) is 6.07 Å². The van der Waals surface area contributed by atoms with Crippen molar-refractivity contribution >= 4 is 17.5 Å². The van der Waals surface area contributed by atoms with Gasteiger partial charge < -0.3 is 5.32 Å². The van der Waals surface area contributed by atoms with Gasteiger partial charge in [-0.05, 0) is 54.1 Å². The maximum atomic E-state index is 13.0. The van der Waals surface area contributed by atoms with Crippen LogP contribution in [0.5, 0.6) is 0 Å². The zero-order valence-electron chi connectivity index (χ0n) is 13.5. The van der Waals surface area contributed by atoms with Crippen LogP contribution in [0.15, 0.2) is 60.8 Å². The quantitative estimate of drug-likeness (QED) is 0.747. The fraction of sp³-hybridized carbons (Fsp3) is 0.0500. The SMILES string of the molecule is N#Cc1ccc(CNC(=O)c2ccc(-c3ccc(F)cc3)nc2)c(Cl)c1. The molecule has 1 heterocycles. The van der Waals surface area contributed by atoms with Gasteiger partial charge in [-0.3, -0.25) is 9.78 Å². The highest BCUT2D eigenvalue weighted by Gasteiger charge is 2.09. The van der Waals surface area contributed by atoms with Crippen LogP contribution in [0.4, 0.5) is 4.39 Å². The van der Waals surface area contributed by atoms with Crippen molar-refractivity contribution in [2.45, 2.75) is 6.54 Å². The minimum absolute atomic E-state index is 0.239. The van der Waals surface area contributed by atoms with Crippen molar-refractivity contribution in [3.63, 3.8) is 0 Å². The Labute approximate surface area is 154 Å². The maximum Gasteiger partial charge on any atom is 0.253 e. The highest BCUT2D eigenvalue weighted by Crippen LogP contribution is 2.19. The van der Waals surface area contributed by atoms with Gasteiger partial charge in [0, 0.05) is 23.3 Å². The van der Waals surface area contributed by atoms with Crippen LogP contribution >= 0.6 is 11.6 Å². The van der Waals surface area contributed by atoms with Crippen LogP contribution < -0.4 is 5.32 Å². The molecule has 1 aromatic heterocycles. The monoisotopic (exact) mass is 365 g/mol. The van der Waals surface area contributed by atoms with E-state index < -0.39 is 0 Å². The molecule has 1 amide bonds. The van der Waals surface area contributed by atoms with Crippen LogP contribution in [0.3, 0.4) is 0 Å². The van der Waals surface area contributed by atoms with Gasteiger partial charge in [0.2, 0.25) is 0 Å². The summed E-state index contributed by atoms with van der Waals surface area (Å²) in [4.78, 5) is 16.5. The number of nitriles is 1. The lowest BCUT2D eigenvalue weighted by atomic mass is 10.1. The fourth-order valence-electron chi connectivity index (χ4n) is 2.36. The Morgan fingerprint density at radius 2 is 1.92 bits per heavy atom. The number of hydrogen-bond acceptors (Lipinski definition) is 3. The third-order valence-electron chi connectivity index (χ3n) is 3.79. The van der Waals surface area contributed by atoms with Gasteiger partial charge >= 0.3 is 0 Å². The van der Waals surface area contributed by atoms with E-state index in [2.05, 4.69) is 10.3 Å². The summed E-state index contributed by atoms with van der Waals surface area (Å²) in [6.45, 7) is 0.239. The van der Waals surface area contributed by atoms with Gasteiger partial charge in [-0.15, -0.1) is 0 Å². The molecule has 0 unspecified atom stereocenters. The molecule has 3 rings (SSSR count). The average molecular weight is 366 g/mol. The van der Waals surface area contributed by atoms with Gasteiger partial charge in [0.05, 0.1) is 22.9 Å². The number of halogens is 2. The van der Waals surface area contributed by atoms with E-state index in [1.54, 1.807) is 42.5 Å². The highest BCUT2D eigenvalue weighted by atomic mass is 35.5. The van der Waals surface area contributed by atoms with E-state index in [4.69, 9.17) is 16.9 Å². The van der Waals surface area contributed by atoms with E-state index in [0.717, 1.165) is 11.1 Å². The summed E-state index contributed by atoms with van der Waals surface area (Å²) in [6.07, 6.45) is 1.47. The number of amides is 1. The summed E-state index contributed by atoms with van der Waals surface area (Å²) >= 11 is 6.10. The van der Waals surface area contributed by atoms with E-state index in [0.29, 0.717) is 21.8 Å². The third-order valence-corrected chi connectivity index (χ3v) is 4.14. The van der Waals surface area contributed by atoms with Gasteiger partial charge in [0.1, 0.15) is 5.82 Å². The predicted octanol–water partition coefficient (Wildman–Crippen LogP) is 4.34. The molecule has 0 saturated heterocycles. The maximum absolute atomic E-state index is 13.0. The standard InChI is InChI=1S/C20H13ClFN3O/c21-18-9-13(10-23)1-2-15(18)11-25-20(26)16-5-8-19(24-12-16)14-3-6-17(22)7-4-14/h1-9,12H,11H2,(H,25,26). The lowest BCUT2D eigenvalue weighted by Crippen LogP contribution is -2.23. The molecule has 0 atom stereocenters. The van der Waals surface area contributed by atoms with E-state index in [1.165, 1.54) is 18.3 Å². The molecule has 0 saturated carbocycles. The highest BCUT2D eigenvalue weighted by molar-refractivity contribution is 6.31. The number of nitrogens with one attached hydrogen (secondary N) is 1. The molecule has 4 nitrogen and oxygen atoms in total. The summed E-state index contributed by atoms with van der Waals surface area (Å²) in [6, 6.07) is 16.3. The number of nitrogens with zero attached hydrogens (tertiary/aromatic N) is 2. The first-order valence-electron chi connectivity index (χ1n) is 7.75. The molecule has 0 radical (unpaired) electrons. The topological polar surface area (TPSA) is 65.8 Å². The van der Waals surface area contributed by atoms with Crippen LogP contribution in [0.2, 0.25) is 5.02 Å². The Bertz CT molecular complexity index is 979. The summed E-state index contributed by atoms with van der Waals surface area (Å²) in [7, 11) is 0. The molecule has 6 heteroatoms. The molecule has 1 N–H and O–H groups in total. The number of rotatable bonds is 4. The molecule has 26 heavy (non-hydrogen) atoms. The van der Waals surface area contributed by atoms with Crippen LogP contribution in [-0.4, -0.2) is 10.9 Å². The van der Waals surface area contributed by atoms with Crippen molar-refractivity contribution in [3.05, 3.63) is 88.3 Å². The van der Waals surface area contributed by atoms with Crippen molar-refractivity contribution in [1.29, 1.82) is 5.26 Å². The molecule has 0 bridgehead atoms. The fourth-order valence-corrected chi connectivity index (χ4v) is 2.60. The lowest BCUT2D eigenvalue weighted by molar-refractivity contribution is 0.0950. The molecule has 0 aliphatic carbocycles. The summed E-state index contributed by atoms with van der Waals surface area (Å²) in [5.74, 6) is -0.602. The summed E-state index contributed by atoms with van der Waals surface area (Å²) in [5.41, 5.74) is 3.00. The molecule has 0 aliphatic heterocycles. The van der Waals surface area contributed by atoms with Crippen LogP contribution in [0.1, 0.15) is 21.5 Å². The van der Waals surface area contributed by atoms with Crippen molar-refractivity contribution in [2.24, 2.45) is 0 Å². The lowest BCUT2D eigenvalue weighted by Gasteiger charge is -2.08. The Morgan fingerprint density at radius 3 is 2.54 bits per heavy atom. The number of benzene rings is 2. The minimum Gasteiger partial charge on any atom is -0.348 e. The summed E-state index contributed by atoms with van der Waals surface area (Å²) < 4.78 is 13.0. The van der Waals surface area contributed by atoms with Gasteiger partial charge in [0.15, 0.2) is 0 Å². The molecule has 3 aromatic rings. The smallest absolute Gasteiger partial charge is 0.253 e. The second-order valence-corrected chi connectivity index (χ2v) is 5.95. The van der Waals surface area contributed by atoms with Crippen LogP contribution in [0.25, 0.3) is 11.3 Å². The Kier molecular flexibility index (Phi) is 5.26. The first-order chi connectivity index (χ1) is 12.6. The summed E-state index contributed by atoms with van der Waals surface area (Å²) in [5, 5.41) is 12.0.